The molecule has 0 atom stereocenters. The Balaban J connectivity index is 1.96. The highest BCUT2D eigenvalue weighted by Gasteiger charge is 2.11. The zero-order valence-electron chi connectivity index (χ0n) is 11.5. The van der Waals surface area contributed by atoms with Crippen LogP contribution in [0.2, 0.25) is 5.02 Å². The van der Waals surface area contributed by atoms with Crippen molar-refractivity contribution >= 4 is 34.9 Å². The summed E-state index contributed by atoms with van der Waals surface area (Å²) in [6.07, 6.45) is -0.481. The van der Waals surface area contributed by atoms with Crippen LogP contribution in [0.5, 0.6) is 0 Å². The quantitative estimate of drug-likeness (QED) is 0.910. The number of nitrogens with zero attached hydrogens (tertiary/aromatic N) is 1. The Morgan fingerprint density at radius 2 is 2.15 bits per heavy atom. The molecular formula is C14H15ClN2O2S. The van der Waals surface area contributed by atoms with E-state index in [1.807, 2.05) is 32.9 Å². The van der Waals surface area contributed by atoms with Crippen LogP contribution in [0, 0.1) is 20.8 Å². The van der Waals surface area contributed by atoms with Gasteiger partial charge < -0.3 is 4.74 Å². The second kappa shape index (κ2) is 6.24. The van der Waals surface area contributed by atoms with Crippen LogP contribution in [0.1, 0.15) is 21.7 Å². The zero-order valence-corrected chi connectivity index (χ0v) is 13.1. The maximum Gasteiger partial charge on any atom is 0.412 e. The van der Waals surface area contributed by atoms with Crippen LogP contribution in [0.15, 0.2) is 18.2 Å². The molecule has 1 N–H and O–H groups in total. The van der Waals surface area contributed by atoms with Gasteiger partial charge in [-0.05, 0) is 55.6 Å². The molecule has 1 aromatic heterocycles. The molecule has 4 nitrogen and oxygen atoms in total. The van der Waals surface area contributed by atoms with Crippen LogP contribution >= 0.6 is 23.1 Å². The summed E-state index contributed by atoms with van der Waals surface area (Å²) in [6, 6.07) is 5.48. The Labute approximate surface area is 126 Å². The third-order valence-corrected chi connectivity index (χ3v) is 4.00. The lowest BCUT2D eigenvalue weighted by Crippen LogP contribution is -2.14. The zero-order chi connectivity index (χ0) is 14.7. The van der Waals surface area contributed by atoms with E-state index in [0.717, 1.165) is 27.4 Å². The van der Waals surface area contributed by atoms with Gasteiger partial charge in [-0.15, -0.1) is 0 Å². The number of anilines is 1. The molecule has 2 aromatic rings. The topological polar surface area (TPSA) is 51.2 Å². The average molecular weight is 311 g/mol. The maximum absolute atomic E-state index is 11.8. The van der Waals surface area contributed by atoms with Gasteiger partial charge in [-0.2, -0.15) is 4.37 Å². The lowest BCUT2D eigenvalue weighted by Gasteiger charge is -2.09. The number of rotatable bonds is 3. The first-order valence-electron chi connectivity index (χ1n) is 6.09. The largest absolute Gasteiger partial charge is 0.444 e. The van der Waals surface area contributed by atoms with Gasteiger partial charge in [0.1, 0.15) is 6.61 Å². The highest BCUT2D eigenvalue weighted by Crippen LogP contribution is 2.23. The van der Waals surface area contributed by atoms with Crippen LogP contribution < -0.4 is 5.32 Å². The Kier molecular flexibility index (Phi) is 4.62. The van der Waals surface area contributed by atoms with E-state index < -0.39 is 6.09 Å². The number of carbonyl (C=O) groups excluding carboxylic acids is 1. The minimum Gasteiger partial charge on any atom is -0.444 e. The summed E-state index contributed by atoms with van der Waals surface area (Å²) in [4.78, 5) is 12.7. The van der Waals surface area contributed by atoms with E-state index in [1.165, 1.54) is 11.5 Å². The summed E-state index contributed by atoms with van der Waals surface area (Å²) in [6.45, 7) is 5.90. The first kappa shape index (κ1) is 14.8. The van der Waals surface area contributed by atoms with Crippen LogP contribution in [0.4, 0.5) is 10.5 Å². The molecule has 20 heavy (non-hydrogen) atoms. The van der Waals surface area contributed by atoms with Gasteiger partial charge in [0.05, 0.1) is 11.4 Å². The number of hydrogen-bond acceptors (Lipinski definition) is 4. The molecule has 0 bridgehead atoms. The molecule has 0 aliphatic heterocycles. The number of benzene rings is 1. The van der Waals surface area contributed by atoms with Crippen molar-refractivity contribution in [3.8, 4) is 0 Å². The molecule has 6 heteroatoms. The van der Waals surface area contributed by atoms with Gasteiger partial charge in [0.15, 0.2) is 0 Å². The lowest BCUT2D eigenvalue weighted by molar-refractivity contribution is 0.155. The molecule has 1 amide bonds. The van der Waals surface area contributed by atoms with Crippen molar-refractivity contribution < 1.29 is 9.53 Å². The van der Waals surface area contributed by atoms with E-state index >= 15 is 0 Å². The molecule has 0 saturated heterocycles. The average Bonchev–Trinajstić information content (AvgIpc) is 2.69. The van der Waals surface area contributed by atoms with Gasteiger partial charge >= 0.3 is 6.09 Å². The normalized spacial score (nSPS) is 10.4. The third-order valence-electron chi connectivity index (χ3n) is 2.92. The summed E-state index contributed by atoms with van der Waals surface area (Å²) in [7, 11) is 0. The van der Waals surface area contributed by atoms with E-state index in [-0.39, 0.29) is 6.61 Å². The predicted molar refractivity (Wildman–Crippen MR) is 81.6 cm³/mol. The molecule has 2 rings (SSSR count). The van der Waals surface area contributed by atoms with Crippen molar-refractivity contribution in [2.24, 2.45) is 0 Å². The van der Waals surface area contributed by atoms with Crippen LogP contribution in [0.25, 0.3) is 0 Å². The highest BCUT2D eigenvalue weighted by atomic mass is 35.5. The van der Waals surface area contributed by atoms with Gasteiger partial charge in [0.2, 0.25) is 0 Å². The van der Waals surface area contributed by atoms with Crippen molar-refractivity contribution in [2.45, 2.75) is 27.4 Å². The summed E-state index contributed by atoms with van der Waals surface area (Å²) in [5.74, 6) is 0. The second-order valence-corrected chi connectivity index (χ2v) is 5.89. The third kappa shape index (κ3) is 3.49. The van der Waals surface area contributed by atoms with Gasteiger partial charge in [-0.1, -0.05) is 17.7 Å². The fourth-order valence-corrected chi connectivity index (χ4v) is 2.65. The number of nitrogens with one attached hydrogen (secondary N) is 1. The maximum atomic E-state index is 11.8. The number of halogens is 1. The summed E-state index contributed by atoms with van der Waals surface area (Å²) in [5.41, 5.74) is 3.45. The molecule has 0 radical (unpaired) electrons. The highest BCUT2D eigenvalue weighted by molar-refractivity contribution is 7.06. The molecule has 0 spiro atoms. The number of hydrogen-bond donors (Lipinski definition) is 1. The van der Waals surface area contributed by atoms with Crippen molar-refractivity contribution in [2.75, 3.05) is 5.32 Å². The smallest absolute Gasteiger partial charge is 0.412 e. The molecular weight excluding hydrogens is 296 g/mol. The van der Waals surface area contributed by atoms with Crippen LogP contribution in [0.3, 0.4) is 0 Å². The first-order valence-corrected chi connectivity index (χ1v) is 7.24. The minimum atomic E-state index is -0.481. The fourth-order valence-electron chi connectivity index (χ4n) is 1.76. The van der Waals surface area contributed by atoms with Crippen molar-refractivity contribution in [3.63, 3.8) is 0 Å². The van der Waals surface area contributed by atoms with E-state index in [0.29, 0.717) is 5.02 Å². The first-order chi connectivity index (χ1) is 9.47. The Bertz CT molecular complexity index is 621. The van der Waals surface area contributed by atoms with E-state index in [2.05, 4.69) is 9.69 Å². The predicted octanol–water partition coefficient (Wildman–Crippen LogP) is 4.47. The standard InChI is InChI=1S/C14H15ClN2O2S/c1-8-6-12(15)5-4-11(8)7-19-14(18)16-13-9(2)17-20-10(13)3/h4-6H,7H2,1-3H3,(H,16,18). The number of amides is 1. The molecule has 0 aliphatic rings. The fraction of sp³-hybridized carbons (Fsp3) is 0.286. The Morgan fingerprint density at radius 1 is 1.40 bits per heavy atom. The molecule has 0 aliphatic carbocycles. The number of carbonyl (C=O) groups is 1. The monoisotopic (exact) mass is 310 g/mol. The van der Waals surface area contributed by atoms with Gasteiger partial charge in [-0.25, -0.2) is 4.79 Å². The molecule has 0 unspecified atom stereocenters. The van der Waals surface area contributed by atoms with Gasteiger partial charge in [0.25, 0.3) is 0 Å². The van der Waals surface area contributed by atoms with E-state index in [4.69, 9.17) is 16.3 Å². The summed E-state index contributed by atoms with van der Waals surface area (Å²) >= 11 is 7.24. The summed E-state index contributed by atoms with van der Waals surface area (Å²) in [5, 5.41) is 3.39. The van der Waals surface area contributed by atoms with Gasteiger partial charge in [-0.3, -0.25) is 5.32 Å². The Morgan fingerprint density at radius 3 is 2.75 bits per heavy atom. The number of aromatic nitrogens is 1. The van der Waals surface area contributed by atoms with Crippen LogP contribution in [-0.4, -0.2) is 10.5 Å². The number of ether oxygens (including phenoxy) is 1. The van der Waals surface area contributed by atoms with Crippen molar-refractivity contribution in [1.82, 2.24) is 4.37 Å². The SMILES string of the molecule is Cc1cc(Cl)ccc1COC(=O)Nc1c(C)nsc1C. The molecule has 0 fully saturated rings. The van der Waals surface area contributed by atoms with Crippen LogP contribution in [-0.2, 0) is 11.3 Å². The molecule has 1 aromatic carbocycles. The van der Waals surface area contributed by atoms with Gasteiger partial charge in [0, 0.05) is 9.90 Å². The van der Waals surface area contributed by atoms with E-state index in [9.17, 15) is 4.79 Å². The summed E-state index contributed by atoms with van der Waals surface area (Å²) < 4.78 is 9.38. The molecule has 1 heterocycles. The number of aryl methyl sites for hydroxylation is 3. The second-order valence-electron chi connectivity index (χ2n) is 4.47. The van der Waals surface area contributed by atoms with Crippen molar-refractivity contribution in [3.05, 3.63) is 44.9 Å². The van der Waals surface area contributed by atoms with Crippen molar-refractivity contribution in [1.29, 1.82) is 0 Å². The lowest BCUT2D eigenvalue weighted by atomic mass is 10.1. The van der Waals surface area contributed by atoms with E-state index in [1.54, 1.807) is 6.07 Å². The minimum absolute atomic E-state index is 0.213. The Hall–Kier alpha value is -1.59. The molecule has 0 saturated carbocycles. The molecule has 106 valence electrons.